The van der Waals surface area contributed by atoms with E-state index in [1.54, 1.807) is 43.3 Å². The highest BCUT2D eigenvalue weighted by Gasteiger charge is 2.32. The van der Waals surface area contributed by atoms with Gasteiger partial charge >= 0.3 is 0 Å². The highest BCUT2D eigenvalue weighted by molar-refractivity contribution is 9.10. The van der Waals surface area contributed by atoms with Gasteiger partial charge in [0.05, 0.1) is 10.6 Å². The van der Waals surface area contributed by atoms with Crippen molar-refractivity contribution in [2.75, 3.05) is 23.9 Å². The van der Waals surface area contributed by atoms with E-state index < -0.39 is 28.5 Å². The van der Waals surface area contributed by atoms with Crippen molar-refractivity contribution < 1.29 is 18.0 Å². The molecule has 38 heavy (non-hydrogen) atoms. The van der Waals surface area contributed by atoms with Gasteiger partial charge in [-0.2, -0.15) is 0 Å². The Bertz CT molecular complexity index is 1310. The molecule has 0 bridgehead atoms. The molecule has 0 saturated heterocycles. The van der Waals surface area contributed by atoms with Gasteiger partial charge in [-0.05, 0) is 68.7 Å². The Balaban J connectivity index is 1.95. The number of carbonyl (C=O) groups excluding carboxylic acids is 2. The molecule has 0 aliphatic heterocycles. The molecule has 3 aromatic rings. The van der Waals surface area contributed by atoms with Crippen molar-refractivity contribution in [2.45, 2.75) is 44.6 Å². The number of halogens is 1. The lowest BCUT2D eigenvalue weighted by molar-refractivity contribution is -0.138. The summed E-state index contributed by atoms with van der Waals surface area (Å²) in [6, 6.07) is 22.2. The van der Waals surface area contributed by atoms with E-state index in [0.29, 0.717) is 18.7 Å². The summed E-state index contributed by atoms with van der Waals surface area (Å²) in [4.78, 5) is 28.2. The lowest BCUT2D eigenvalue weighted by Gasteiger charge is -2.32. The summed E-state index contributed by atoms with van der Waals surface area (Å²) in [5.74, 6) is -0.733. The highest BCUT2D eigenvalue weighted by Crippen LogP contribution is 2.26. The van der Waals surface area contributed by atoms with Crippen LogP contribution in [0.4, 0.5) is 5.69 Å². The van der Waals surface area contributed by atoms with E-state index in [1.807, 2.05) is 44.2 Å². The monoisotopic (exact) mass is 599 g/mol. The van der Waals surface area contributed by atoms with Crippen LogP contribution in [-0.2, 0) is 26.0 Å². The molecule has 2 amide bonds. The van der Waals surface area contributed by atoms with Crippen molar-refractivity contribution in [3.63, 3.8) is 0 Å². The van der Waals surface area contributed by atoms with Gasteiger partial charge in [-0.15, -0.1) is 0 Å². The first kappa shape index (κ1) is 29.4. The van der Waals surface area contributed by atoms with Gasteiger partial charge < -0.3 is 10.2 Å². The minimum Gasteiger partial charge on any atom is -0.354 e. The van der Waals surface area contributed by atoms with Crippen molar-refractivity contribution in [3.05, 3.63) is 94.5 Å². The van der Waals surface area contributed by atoms with Crippen molar-refractivity contribution in [2.24, 2.45) is 0 Å². The van der Waals surface area contributed by atoms with E-state index in [1.165, 1.54) is 17.0 Å². The predicted molar refractivity (Wildman–Crippen MR) is 154 cm³/mol. The van der Waals surface area contributed by atoms with Crippen molar-refractivity contribution in [1.29, 1.82) is 0 Å². The van der Waals surface area contributed by atoms with Gasteiger partial charge in [-0.1, -0.05) is 70.9 Å². The van der Waals surface area contributed by atoms with Crippen LogP contribution in [0.3, 0.4) is 0 Å². The number of aryl methyl sites for hydroxylation is 1. The SMILES string of the molecule is CCCNC(=O)[C@H](C)N(CCc1ccccc1)C(=O)CN(c1ccc(Br)cc1)S(=O)(=O)c1ccc(C)cc1. The molecule has 7 nitrogen and oxygen atoms in total. The molecule has 0 aromatic heterocycles. The zero-order valence-corrected chi connectivity index (χ0v) is 24.3. The van der Waals surface area contributed by atoms with Crippen LogP contribution in [0.15, 0.2) is 88.2 Å². The number of anilines is 1. The van der Waals surface area contributed by atoms with Gasteiger partial charge in [0.2, 0.25) is 11.8 Å². The van der Waals surface area contributed by atoms with Gasteiger partial charge in [0.15, 0.2) is 0 Å². The van der Waals surface area contributed by atoms with E-state index in [0.717, 1.165) is 26.3 Å². The Morgan fingerprint density at radius 3 is 2.18 bits per heavy atom. The average molecular weight is 601 g/mol. The third-order valence-electron chi connectivity index (χ3n) is 6.20. The number of nitrogens with zero attached hydrogens (tertiary/aromatic N) is 2. The minimum absolute atomic E-state index is 0.0865. The molecule has 1 N–H and O–H groups in total. The maximum Gasteiger partial charge on any atom is 0.264 e. The third-order valence-corrected chi connectivity index (χ3v) is 8.52. The molecule has 202 valence electrons. The standard InChI is InChI=1S/C29H34BrN3O4S/c1-4-19-31-29(35)23(3)32(20-18-24-8-6-5-7-9-24)28(34)21-33(26-14-12-25(30)13-15-26)38(36,37)27-16-10-22(2)11-17-27/h5-17,23H,4,18-21H2,1-3H3,(H,31,35)/t23-/m0/s1. The van der Waals surface area contributed by atoms with Gasteiger partial charge in [0.1, 0.15) is 12.6 Å². The lowest BCUT2D eigenvalue weighted by Crippen LogP contribution is -2.52. The second-order valence-electron chi connectivity index (χ2n) is 9.09. The van der Waals surface area contributed by atoms with E-state index >= 15 is 0 Å². The first-order valence-corrected chi connectivity index (χ1v) is 14.8. The first-order valence-electron chi connectivity index (χ1n) is 12.6. The Morgan fingerprint density at radius 2 is 1.58 bits per heavy atom. The third kappa shape index (κ3) is 7.68. The molecule has 0 saturated carbocycles. The van der Waals surface area contributed by atoms with Crippen LogP contribution >= 0.6 is 15.9 Å². The number of nitrogens with one attached hydrogen (secondary N) is 1. The summed E-state index contributed by atoms with van der Waals surface area (Å²) >= 11 is 3.38. The summed E-state index contributed by atoms with van der Waals surface area (Å²) in [6.45, 7) is 5.82. The molecule has 0 spiro atoms. The summed E-state index contributed by atoms with van der Waals surface area (Å²) in [5.41, 5.74) is 2.30. The summed E-state index contributed by atoms with van der Waals surface area (Å²) in [5, 5.41) is 2.85. The summed E-state index contributed by atoms with van der Waals surface area (Å²) in [6.07, 6.45) is 1.30. The maximum absolute atomic E-state index is 13.8. The predicted octanol–water partition coefficient (Wildman–Crippen LogP) is 4.94. The Hall–Kier alpha value is -3.17. The van der Waals surface area contributed by atoms with Gasteiger partial charge in [0, 0.05) is 17.6 Å². The fourth-order valence-corrected chi connectivity index (χ4v) is 5.62. The smallest absolute Gasteiger partial charge is 0.264 e. The largest absolute Gasteiger partial charge is 0.354 e. The second kappa shape index (κ2) is 13.6. The number of hydrogen-bond donors (Lipinski definition) is 1. The summed E-state index contributed by atoms with van der Waals surface area (Å²) in [7, 11) is -4.07. The molecule has 0 radical (unpaired) electrons. The van der Waals surface area contributed by atoms with E-state index in [4.69, 9.17) is 0 Å². The zero-order chi connectivity index (χ0) is 27.7. The van der Waals surface area contributed by atoms with E-state index in [9.17, 15) is 18.0 Å². The lowest BCUT2D eigenvalue weighted by atomic mass is 10.1. The van der Waals surface area contributed by atoms with E-state index in [-0.39, 0.29) is 17.3 Å². The molecular formula is C29H34BrN3O4S. The average Bonchev–Trinajstić information content (AvgIpc) is 2.91. The molecule has 0 aliphatic rings. The number of sulfonamides is 1. The Morgan fingerprint density at radius 1 is 0.947 bits per heavy atom. The van der Waals surface area contributed by atoms with Crippen LogP contribution in [0.1, 0.15) is 31.4 Å². The highest BCUT2D eigenvalue weighted by atomic mass is 79.9. The molecule has 9 heteroatoms. The summed E-state index contributed by atoms with van der Waals surface area (Å²) < 4.78 is 29.4. The van der Waals surface area contributed by atoms with Crippen molar-refractivity contribution >= 4 is 43.5 Å². The van der Waals surface area contributed by atoms with Crippen LogP contribution in [-0.4, -0.2) is 50.8 Å². The number of hydrogen-bond acceptors (Lipinski definition) is 4. The molecule has 0 heterocycles. The molecule has 3 rings (SSSR count). The maximum atomic E-state index is 13.8. The number of carbonyl (C=O) groups is 2. The van der Waals surface area contributed by atoms with Crippen LogP contribution < -0.4 is 9.62 Å². The number of benzene rings is 3. The molecular weight excluding hydrogens is 566 g/mol. The Labute approximate surface area is 234 Å². The molecule has 0 fully saturated rings. The van der Waals surface area contributed by atoms with Crippen molar-refractivity contribution in [1.82, 2.24) is 10.2 Å². The normalized spacial score (nSPS) is 12.0. The second-order valence-corrected chi connectivity index (χ2v) is 11.9. The molecule has 0 unspecified atom stereocenters. The van der Waals surface area contributed by atoms with Crippen LogP contribution in [0.25, 0.3) is 0 Å². The van der Waals surface area contributed by atoms with Crippen LogP contribution in [0.5, 0.6) is 0 Å². The minimum atomic E-state index is -4.07. The topological polar surface area (TPSA) is 86.8 Å². The van der Waals surface area contributed by atoms with Gasteiger partial charge in [-0.3, -0.25) is 13.9 Å². The van der Waals surface area contributed by atoms with Gasteiger partial charge in [-0.25, -0.2) is 8.42 Å². The zero-order valence-electron chi connectivity index (χ0n) is 21.9. The van der Waals surface area contributed by atoms with Gasteiger partial charge in [0.25, 0.3) is 10.0 Å². The molecule has 3 aromatic carbocycles. The number of amides is 2. The van der Waals surface area contributed by atoms with Crippen LogP contribution in [0, 0.1) is 6.92 Å². The Kier molecular flexibility index (Phi) is 10.5. The van der Waals surface area contributed by atoms with Crippen molar-refractivity contribution in [3.8, 4) is 0 Å². The number of rotatable bonds is 12. The fraction of sp³-hybridized carbons (Fsp3) is 0.310. The molecule has 1 atom stereocenters. The molecule has 0 aliphatic carbocycles. The fourth-order valence-electron chi connectivity index (χ4n) is 3.94. The quantitative estimate of drug-likeness (QED) is 0.319. The first-order chi connectivity index (χ1) is 18.1. The van der Waals surface area contributed by atoms with E-state index in [2.05, 4.69) is 21.2 Å². The van der Waals surface area contributed by atoms with Crippen LogP contribution in [0.2, 0.25) is 0 Å².